The van der Waals surface area contributed by atoms with Crippen LogP contribution in [0.1, 0.15) is 44.0 Å². The highest BCUT2D eigenvalue weighted by Gasteiger charge is 2.15. The summed E-state index contributed by atoms with van der Waals surface area (Å²) in [5.41, 5.74) is 0.324. The summed E-state index contributed by atoms with van der Waals surface area (Å²) in [5, 5.41) is 6.48. The van der Waals surface area contributed by atoms with Gasteiger partial charge in [0, 0.05) is 6.42 Å². The topological polar surface area (TPSA) is 76.6 Å². The van der Waals surface area contributed by atoms with Gasteiger partial charge in [0.25, 0.3) is 0 Å². The van der Waals surface area contributed by atoms with Crippen LogP contribution in [-0.2, 0) is 9.47 Å². The Labute approximate surface area is 106 Å². The van der Waals surface area contributed by atoms with Gasteiger partial charge >= 0.3 is 5.97 Å². The fourth-order valence-electron chi connectivity index (χ4n) is 1.39. The van der Waals surface area contributed by atoms with Crippen molar-refractivity contribution in [3.63, 3.8) is 0 Å². The van der Waals surface area contributed by atoms with Crippen LogP contribution < -0.4 is 0 Å². The normalized spacial score (nSPS) is 11.4. The first-order valence-electron chi connectivity index (χ1n) is 6.13. The molecule has 0 aliphatic rings. The van der Waals surface area contributed by atoms with Crippen LogP contribution in [0, 0.1) is 0 Å². The standard InChI is InChI=1S/C12H19N3O3/c1-4-7-10(17-5-2)14-11-9(8-13-15-11)12(16)18-6-3/h8H,4-7H2,1-3H3,(H,13,15). The van der Waals surface area contributed by atoms with Crippen molar-refractivity contribution in [3.05, 3.63) is 11.8 Å². The Hall–Kier alpha value is -1.85. The number of rotatable bonds is 6. The molecule has 6 heteroatoms. The number of hydrogen-bond acceptors (Lipinski definition) is 5. The first-order chi connectivity index (χ1) is 8.72. The number of carbonyl (C=O) groups is 1. The van der Waals surface area contributed by atoms with Crippen LogP contribution in [0.25, 0.3) is 0 Å². The Kier molecular flexibility index (Phi) is 5.90. The molecule has 0 bridgehead atoms. The highest BCUT2D eigenvalue weighted by Crippen LogP contribution is 2.17. The molecule has 1 heterocycles. The first kappa shape index (κ1) is 14.2. The third-order valence-electron chi connectivity index (χ3n) is 2.13. The van der Waals surface area contributed by atoms with E-state index in [0.29, 0.717) is 30.5 Å². The van der Waals surface area contributed by atoms with Gasteiger partial charge < -0.3 is 9.47 Å². The van der Waals surface area contributed by atoms with Gasteiger partial charge in [0.2, 0.25) is 0 Å². The molecule has 0 saturated carbocycles. The van der Waals surface area contributed by atoms with Gasteiger partial charge in [0.15, 0.2) is 11.7 Å². The monoisotopic (exact) mass is 253 g/mol. The molecule has 0 aliphatic carbocycles. The van der Waals surface area contributed by atoms with Gasteiger partial charge in [-0.15, -0.1) is 0 Å². The summed E-state index contributed by atoms with van der Waals surface area (Å²) in [6.07, 6.45) is 3.04. The molecule has 0 spiro atoms. The molecule has 1 rings (SSSR count). The summed E-state index contributed by atoms with van der Waals surface area (Å²) in [6, 6.07) is 0. The lowest BCUT2D eigenvalue weighted by molar-refractivity contribution is 0.0527. The fourth-order valence-corrected chi connectivity index (χ4v) is 1.39. The van der Waals surface area contributed by atoms with Crippen molar-refractivity contribution in [2.45, 2.75) is 33.6 Å². The summed E-state index contributed by atoms with van der Waals surface area (Å²) in [7, 11) is 0. The lowest BCUT2D eigenvalue weighted by Crippen LogP contribution is -2.06. The van der Waals surface area contributed by atoms with Crippen molar-refractivity contribution in [3.8, 4) is 0 Å². The lowest BCUT2D eigenvalue weighted by atomic mass is 10.3. The van der Waals surface area contributed by atoms with E-state index < -0.39 is 5.97 Å². The molecular weight excluding hydrogens is 234 g/mol. The number of aromatic amines is 1. The third kappa shape index (κ3) is 3.87. The van der Waals surface area contributed by atoms with Gasteiger partial charge in [-0.3, -0.25) is 5.10 Å². The van der Waals surface area contributed by atoms with E-state index in [0.717, 1.165) is 12.8 Å². The predicted molar refractivity (Wildman–Crippen MR) is 68.2 cm³/mol. The molecule has 0 fully saturated rings. The first-order valence-corrected chi connectivity index (χ1v) is 6.13. The molecule has 18 heavy (non-hydrogen) atoms. The Morgan fingerprint density at radius 3 is 2.67 bits per heavy atom. The van der Waals surface area contributed by atoms with Crippen LogP contribution >= 0.6 is 0 Å². The maximum absolute atomic E-state index is 11.6. The molecule has 0 atom stereocenters. The molecule has 6 nitrogen and oxygen atoms in total. The molecule has 0 aromatic carbocycles. The number of ether oxygens (including phenoxy) is 2. The predicted octanol–water partition coefficient (Wildman–Crippen LogP) is 2.45. The van der Waals surface area contributed by atoms with Crippen LogP contribution in [0.5, 0.6) is 0 Å². The Morgan fingerprint density at radius 1 is 1.33 bits per heavy atom. The minimum Gasteiger partial charge on any atom is -0.481 e. The highest BCUT2D eigenvalue weighted by atomic mass is 16.5. The summed E-state index contributed by atoms with van der Waals surface area (Å²) in [4.78, 5) is 15.9. The van der Waals surface area contributed by atoms with Crippen molar-refractivity contribution >= 4 is 17.7 Å². The van der Waals surface area contributed by atoms with Gasteiger partial charge in [-0.2, -0.15) is 10.1 Å². The van der Waals surface area contributed by atoms with E-state index >= 15 is 0 Å². The average molecular weight is 253 g/mol. The van der Waals surface area contributed by atoms with Gasteiger partial charge in [-0.05, 0) is 20.3 Å². The molecule has 0 radical (unpaired) electrons. The van der Waals surface area contributed by atoms with Crippen LogP contribution in [0.4, 0.5) is 5.82 Å². The lowest BCUT2D eigenvalue weighted by Gasteiger charge is -2.05. The van der Waals surface area contributed by atoms with Crippen LogP contribution in [0.2, 0.25) is 0 Å². The minimum atomic E-state index is -0.433. The number of carbonyl (C=O) groups excluding carboxylic acids is 1. The molecule has 0 saturated heterocycles. The van der Waals surface area contributed by atoms with Gasteiger partial charge in [-0.25, -0.2) is 4.79 Å². The Bertz CT molecular complexity index is 404. The number of aromatic nitrogens is 2. The zero-order chi connectivity index (χ0) is 13.4. The summed E-state index contributed by atoms with van der Waals surface area (Å²) in [5.74, 6) is 0.539. The molecule has 1 aromatic rings. The van der Waals surface area contributed by atoms with Crippen molar-refractivity contribution in [1.29, 1.82) is 0 Å². The van der Waals surface area contributed by atoms with E-state index in [1.807, 2.05) is 13.8 Å². The van der Waals surface area contributed by atoms with E-state index in [1.54, 1.807) is 6.92 Å². The molecular formula is C12H19N3O3. The van der Waals surface area contributed by atoms with Crippen LogP contribution in [0.15, 0.2) is 11.2 Å². The van der Waals surface area contributed by atoms with Gasteiger partial charge in [-0.1, -0.05) is 6.92 Å². The van der Waals surface area contributed by atoms with E-state index in [9.17, 15) is 4.79 Å². The zero-order valence-corrected chi connectivity index (χ0v) is 11.0. The number of hydrogen-bond donors (Lipinski definition) is 1. The average Bonchev–Trinajstić information content (AvgIpc) is 2.78. The van der Waals surface area contributed by atoms with Crippen molar-refractivity contribution in [2.24, 2.45) is 4.99 Å². The minimum absolute atomic E-state index is 0.320. The van der Waals surface area contributed by atoms with E-state index in [4.69, 9.17) is 9.47 Å². The quantitative estimate of drug-likeness (QED) is 0.480. The fraction of sp³-hybridized carbons (Fsp3) is 0.583. The summed E-state index contributed by atoms with van der Waals surface area (Å²) >= 11 is 0. The van der Waals surface area contributed by atoms with Gasteiger partial charge in [0.1, 0.15) is 5.56 Å². The van der Waals surface area contributed by atoms with Crippen LogP contribution in [0.3, 0.4) is 0 Å². The van der Waals surface area contributed by atoms with E-state index in [2.05, 4.69) is 15.2 Å². The number of esters is 1. The van der Waals surface area contributed by atoms with Crippen molar-refractivity contribution in [2.75, 3.05) is 13.2 Å². The smallest absolute Gasteiger partial charge is 0.343 e. The Balaban J connectivity index is 2.91. The zero-order valence-electron chi connectivity index (χ0n) is 11.0. The maximum atomic E-state index is 11.6. The molecule has 0 unspecified atom stereocenters. The van der Waals surface area contributed by atoms with Gasteiger partial charge in [0.05, 0.1) is 19.4 Å². The largest absolute Gasteiger partial charge is 0.481 e. The molecule has 100 valence electrons. The highest BCUT2D eigenvalue weighted by molar-refractivity contribution is 5.95. The van der Waals surface area contributed by atoms with E-state index in [-0.39, 0.29) is 0 Å². The number of H-pyrrole nitrogens is 1. The number of nitrogens with zero attached hydrogens (tertiary/aromatic N) is 2. The van der Waals surface area contributed by atoms with Crippen LogP contribution in [-0.4, -0.2) is 35.3 Å². The van der Waals surface area contributed by atoms with Crippen molar-refractivity contribution in [1.82, 2.24) is 10.2 Å². The Morgan fingerprint density at radius 2 is 2.06 bits per heavy atom. The number of nitrogens with one attached hydrogen (secondary N) is 1. The second-order valence-corrected chi connectivity index (χ2v) is 3.54. The molecule has 1 N–H and O–H groups in total. The maximum Gasteiger partial charge on any atom is 0.343 e. The second-order valence-electron chi connectivity index (χ2n) is 3.54. The summed E-state index contributed by atoms with van der Waals surface area (Å²) < 4.78 is 10.3. The molecule has 0 amide bonds. The van der Waals surface area contributed by atoms with Crippen molar-refractivity contribution < 1.29 is 14.3 Å². The SMILES string of the molecule is CCCC(=Nc1[nH]ncc1C(=O)OCC)OCC. The summed E-state index contributed by atoms with van der Waals surface area (Å²) in [6.45, 7) is 6.55. The second kappa shape index (κ2) is 7.47. The van der Waals surface area contributed by atoms with E-state index in [1.165, 1.54) is 6.20 Å². The third-order valence-corrected chi connectivity index (χ3v) is 2.13. The molecule has 0 aliphatic heterocycles. The number of aliphatic imine (C=N–C) groups is 1. The molecule has 1 aromatic heterocycles.